The van der Waals surface area contributed by atoms with E-state index in [1.807, 2.05) is 6.07 Å². The molecule has 0 aliphatic carbocycles. The zero-order valence-corrected chi connectivity index (χ0v) is 18.8. The van der Waals surface area contributed by atoms with Crippen molar-refractivity contribution in [2.24, 2.45) is 16.7 Å². The van der Waals surface area contributed by atoms with Gasteiger partial charge < -0.3 is 9.47 Å². The van der Waals surface area contributed by atoms with Gasteiger partial charge in [0.1, 0.15) is 6.10 Å². The number of benzene rings is 2. The summed E-state index contributed by atoms with van der Waals surface area (Å²) in [5, 5.41) is 39.5. The molecule has 2 aliphatic heterocycles. The lowest BCUT2D eigenvalue weighted by molar-refractivity contribution is -0.288. The lowest BCUT2D eigenvalue weighted by atomic mass is 9.53. The number of hydrogen-bond donors (Lipinski definition) is 1. The minimum atomic E-state index is -4.72. The molecule has 2 heterocycles. The number of nitrogens with zero attached hydrogens (tertiary/aromatic N) is 3. The summed E-state index contributed by atoms with van der Waals surface area (Å²) < 4.78 is 52.3. The van der Waals surface area contributed by atoms with Gasteiger partial charge in [-0.2, -0.15) is 29.0 Å². The summed E-state index contributed by atoms with van der Waals surface area (Å²) in [7, 11) is 0. The highest BCUT2D eigenvalue weighted by atomic mass is 35.5. The van der Waals surface area contributed by atoms with Crippen molar-refractivity contribution >= 4 is 29.1 Å². The molecule has 1 N–H and O–H groups in total. The van der Waals surface area contributed by atoms with Crippen LogP contribution in [0.4, 0.5) is 13.2 Å². The topological polar surface area (TPSA) is 114 Å². The van der Waals surface area contributed by atoms with Crippen molar-refractivity contribution in [2.45, 2.75) is 25.0 Å². The Morgan fingerprint density at radius 2 is 1.71 bits per heavy atom. The smallest absolute Gasteiger partial charge is 0.416 e. The molecule has 4 rings (SSSR count). The second-order valence-corrected chi connectivity index (χ2v) is 8.86. The largest absolute Gasteiger partial charge is 0.443 e. The molecule has 0 saturated carbocycles. The number of alkyl halides is 3. The van der Waals surface area contributed by atoms with E-state index in [4.69, 9.17) is 38.1 Å². The zero-order chi connectivity index (χ0) is 25.1. The van der Waals surface area contributed by atoms with Gasteiger partial charge in [-0.3, -0.25) is 5.41 Å². The van der Waals surface area contributed by atoms with Crippen molar-refractivity contribution in [1.29, 1.82) is 21.2 Å². The highest BCUT2D eigenvalue weighted by Gasteiger charge is 2.80. The number of nitriles is 3. The van der Waals surface area contributed by atoms with Gasteiger partial charge in [0.05, 0.1) is 34.7 Å². The third-order valence-electron chi connectivity index (χ3n) is 6.49. The Bertz CT molecular complexity index is 1330. The average molecular weight is 505 g/mol. The van der Waals surface area contributed by atoms with E-state index in [2.05, 4.69) is 0 Å². The van der Waals surface area contributed by atoms with Crippen LogP contribution < -0.4 is 0 Å². The number of hydrogen-bond acceptors (Lipinski definition) is 6. The first kappa shape index (κ1) is 23.9. The molecule has 172 valence electrons. The molecule has 2 bridgehead atoms. The van der Waals surface area contributed by atoms with Crippen molar-refractivity contribution in [3.05, 3.63) is 69.2 Å². The second kappa shape index (κ2) is 7.61. The Balaban J connectivity index is 2.05. The average Bonchev–Trinajstić information content (AvgIpc) is 2.94. The van der Waals surface area contributed by atoms with Crippen LogP contribution in [0.25, 0.3) is 0 Å². The maximum absolute atomic E-state index is 13.4. The van der Waals surface area contributed by atoms with Crippen LogP contribution in [0, 0.1) is 56.2 Å². The van der Waals surface area contributed by atoms with E-state index in [1.54, 1.807) is 12.1 Å². The maximum Gasteiger partial charge on any atom is 0.416 e. The van der Waals surface area contributed by atoms with Crippen LogP contribution in [0.2, 0.25) is 10.0 Å². The summed E-state index contributed by atoms with van der Waals surface area (Å²) in [6.45, 7) is 1.46. The van der Waals surface area contributed by atoms with Crippen LogP contribution in [-0.4, -0.2) is 5.90 Å². The van der Waals surface area contributed by atoms with Crippen LogP contribution in [0.3, 0.4) is 0 Å². The summed E-state index contributed by atoms with van der Waals surface area (Å²) in [5.74, 6) is -3.80. The summed E-state index contributed by atoms with van der Waals surface area (Å²) in [6.07, 6.45) is -6.41. The molecule has 2 aromatic carbocycles. The van der Waals surface area contributed by atoms with Gasteiger partial charge >= 0.3 is 6.18 Å². The zero-order valence-electron chi connectivity index (χ0n) is 17.2. The van der Waals surface area contributed by atoms with Crippen molar-refractivity contribution < 1.29 is 22.6 Å². The molecule has 0 radical (unpaired) electrons. The minimum Gasteiger partial charge on any atom is -0.443 e. The highest BCUT2D eigenvalue weighted by molar-refractivity contribution is 6.35. The van der Waals surface area contributed by atoms with Crippen LogP contribution in [0.15, 0.2) is 42.5 Å². The normalized spacial score (nSPS) is 29.4. The highest BCUT2D eigenvalue weighted by Crippen LogP contribution is 2.69. The van der Waals surface area contributed by atoms with Crippen LogP contribution in [0.5, 0.6) is 0 Å². The Labute approximate surface area is 202 Å². The Morgan fingerprint density at radius 3 is 2.26 bits per heavy atom. The fourth-order valence-electron chi connectivity index (χ4n) is 4.79. The first-order valence-electron chi connectivity index (χ1n) is 9.76. The van der Waals surface area contributed by atoms with E-state index in [0.29, 0.717) is 0 Å². The predicted octanol–water partition coefficient (Wildman–Crippen LogP) is 6.12. The van der Waals surface area contributed by atoms with E-state index in [1.165, 1.54) is 31.2 Å². The van der Waals surface area contributed by atoms with Gasteiger partial charge in [-0.25, -0.2) is 0 Å². The fourth-order valence-corrected chi connectivity index (χ4v) is 5.33. The second-order valence-electron chi connectivity index (χ2n) is 8.02. The monoisotopic (exact) mass is 504 g/mol. The molecule has 0 spiro atoms. The number of ether oxygens (including phenoxy) is 2. The summed E-state index contributed by atoms with van der Waals surface area (Å²) in [6, 6.07) is 13.7. The van der Waals surface area contributed by atoms with Crippen molar-refractivity contribution in [3.63, 3.8) is 0 Å². The number of nitrogens with one attached hydrogen (secondary N) is 1. The Hall–Kier alpha value is -3.29. The summed E-state index contributed by atoms with van der Waals surface area (Å²) >= 11 is 12.4. The molecule has 2 aliphatic rings. The van der Waals surface area contributed by atoms with Gasteiger partial charge in [0.25, 0.3) is 0 Å². The van der Waals surface area contributed by atoms with E-state index in [9.17, 15) is 29.0 Å². The number of rotatable bonds is 2. The summed E-state index contributed by atoms with van der Waals surface area (Å²) in [4.78, 5) is 0. The van der Waals surface area contributed by atoms with Gasteiger partial charge in [0, 0.05) is 10.6 Å². The van der Waals surface area contributed by atoms with Crippen LogP contribution in [-0.2, 0) is 21.4 Å². The van der Waals surface area contributed by atoms with Crippen LogP contribution in [0.1, 0.15) is 29.7 Å². The third kappa shape index (κ3) is 2.87. The molecule has 2 saturated heterocycles. The molecular formula is C23H13Cl2F3N4O2. The van der Waals surface area contributed by atoms with Gasteiger partial charge in [0.2, 0.25) is 17.1 Å². The number of halogens is 5. The molecule has 4 unspecified atom stereocenters. The third-order valence-corrected chi connectivity index (χ3v) is 7.04. The fraction of sp³-hybridized carbons (Fsp3) is 0.304. The molecule has 2 aromatic rings. The molecular weight excluding hydrogens is 492 g/mol. The standard InChI is InChI=1S/C23H13Cl2F3N4O2/c1-12-21(11-31)19(32)34-22(12,16-6-5-15(24)8-17(16)25)33-18(20(21,9-29)10-30)13-3-2-4-14(7-13)23(26,27)28/h2-8,12,18,32H,1H3. The molecule has 11 heteroatoms. The Kier molecular flexibility index (Phi) is 5.34. The molecule has 2 fully saturated rings. The lowest BCUT2D eigenvalue weighted by Crippen LogP contribution is -2.57. The quantitative estimate of drug-likeness (QED) is 0.528. The number of fused-ring (bicyclic) bond motifs is 2. The van der Waals surface area contributed by atoms with Crippen molar-refractivity contribution in [3.8, 4) is 18.2 Å². The van der Waals surface area contributed by atoms with Crippen molar-refractivity contribution in [2.75, 3.05) is 0 Å². The first-order valence-corrected chi connectivity index (χ1v) is 10.5. The van der Waals surface area contributed by atoms with E-state index in [-0.39, 0.29) is 21.2 Å². The molecule has 34 heavy (non-hydrogen) atoms. The Morgan fingerprint density at radius 1 is 1.03 bits per heavy atom. The maximum atomic E-state index is 13.4. The van der Waals surface area contributed by atoms with E-state index < -0.39 is 46.3 Å². The van der Waals surface area contributed by atoms with Gasteiger partial charge in [-0.05, 0) is 35.9 Å². The van der Waals surface area contributed by atoms with E-state index in [0.717, 1.165) is 18.2 Å². The first-order chi connectivity index (χ1) is 15.9. The molecule has 0 aromatic heterocycles. The lowest BCUT2D eigenvalue weighted by Gasteiger charge is -2.49. The minimum absolute atomic E-state index is 0.0464. The SMILES string of the molecule is CC1C2(c3ccc(Cl)cc3Cl)OC(=N)C1(C#N)C(C#N)(C#N)C(c1cccc(C(F)(F)F)c1)O2. The van der Waals surface area contributed by atoms with Gasteiger partial charge in [-0.1, -0.05) is 42.3 Å². The predicted molar refractivity (Wildman–Crippen MR) is 113 cm³/mol. The summed E-state index contributed by atoms with van der Waals surface area (Å²) in [5.41, 5.74) is -5.67. The molecule has 0 amide bonds. The molecule has 4 atom stereocenters. The van der Waals surface area contributed by atoms with E-state index >= 15 is 0 Å². The van der Waals surface area contributed by atoms with Gasteiger partial charge in [-0.15, -0.1) is 0 Å². The van der Waals surface area contributed by atoms with Crippen LogP contribution >= 0.6 is 23.2 Å². The van der Waals surface area contributed by atoms with Crippen molar-refractivity contribution in [1.82, 2.24) is 0 Å². The van der Waals surface area contributed by atoms with Gasteiger partial charge in [0.15, 0.2) is 5.41 Å². The molecule has 6 nitrogen and oxygen atoms in total.